The summed E-state index contributed by atoms with van der Waals surface area (Å²) < 4.78 is 14.8. The van der Waals surface area contributed by atoms with Crippen LogP contribution in [0.2, 0.25) is 0 Å². The molecule has 1 heterocycles. The van der Waals surface area contributed by atoms with Crippen molar-refractivity contribution < 1.29 is 19.0 Å². The van der Waals surface area contributed by atoms with E-state index in [4.69, 9.17) is 54.4 Å². The minimum absolute atomic E-state index is 0.0289. The Kier molecular flexibility index (Phi) is 7.19. The lowest BCUT2D eigenvalue weighted by molar-refractivity contribution is -0.225. The largest absolute Gasteiger partial charge is 0.459 e. The molecule has 1 fully saturated rings. The third-order valence-corrected chi connectivity index (χ3v) is 5.38. The summed E-state index contributed by atoms with van der Waals surface area (Å²) in [7, 11) is 0. The molecule has 2 rings (SSSR count). The molecule has 0 radical (unpaired) electrons. The standard InChI is InChI=1S/C18H22Cl3NO4/c1-10-11(2)14(9-24-15(23)13-7-5-4-6-8-13)25-16(12(10)3)26-17(22)18(19,20)21/h4-8,10-12,14,16,22H,9H2,1-3H3/t10-,11-,12?,14?,16+/m0/s1. The molecular formula is C18H22Cl3NO4. The normalized spacial score (nSPS) is 29.1. The number of esters is 1. The highest BCUT2D eigenvalue weighted by atomic mass is 35.6. The fourth-order valence-corrected chi connectivity index (χ4v) is 2.94. The van der Waals surface area contributed by atoms with Crippen LogP contribution in [0.5, 0.6) is 0 Å². The fraction of sp³-hybridized carbons (Fsp3) is 0.556. The van der Waals surface area contributed by atoms with Crippen LogP contribution in [0, 0.1) is 23.2 Å². The summed E-state index contributed by atoms with van der Waals surface area (Å²) in [6.07, 6.45) is -1.15. The summed E-state index contributed by atoms with van der Waals surface area (Å²) in [5.41, 5.74) is 0.475. The lowest BCUT2D eigenvalue weighted by Crippen LogP contribution is -2.49. The Balaban J connectivity index is 2.01. The summed E-state index contributed by atoms with van der Waals surface area (Å²) in [6, 6.07) is 8.74. The van der Waals surface area contributed by atoms with E-state index < -0.39 is 21.9 Å². The van der Waals surface area contributed by atoms with E-state index in [1.165, 1.54) is 0 Å². The van der Waals surface area contributed by atoms with Crippen molar-refractivity contribution in [1.29, 1.82) is 5.41 Å². The van der Waals surface area contributed by atoms with E-state index in [1.54, 1.807) is 24.3 Å². The maximum Gasteiger partial charge on any atom is 0.338 e. The molecule has 26 heavy (non-hydrogen) atoms. The third-order valence-electron chi connectivity index (χ3n) is 4.86. The molecule has 0 saturated carbocycles. The van der Waals surface area contributed by atoms with Gasteiger partial charge in [0.15, 0.2) is 0 Å². The molecule has 5 nitrogen and oxygen atoms in total. The average molecular weight is 423 g/mol. The molecule has 1 aliphatic heterocycles. The van der Waals surface area contributed by atoms with Gasteiger partial charge in [0.1, 0.15) is 6.61 Å². The van der Waals surface area contributed by atoms with Crippen molar-refractivity contribution in [1.82, 2.24) is 0 Å². The predicted octanol–water partition coefficient (Wildman–Crippen LogP) is 4.84. The van der Waals surface area contributed by atoms with Crippen molar-refractivity contribution in [3.05, 3.63) is 35.9 Å². The van der Waals surface area contributed by atoms with Gasteiger partial charge in [-0.25, -0.2) is 4.79 Å². The molecule has 5 atom stereocenters. The molecule has 1 N–H and O–H groups in total. The van der Waals surface area contributed by atoms with E-state index in [0.29, 0.717) is 5.56 Å². The lowest BCUT2D eigenvalue weighted by atomic mass is 9.79. The van der Waals surface area contributed by atoms with Crippen LogP contribution >= 0.6 is 34.8 Å². The highest BCUT2D eigenvalue weighted by Crippen LogP contribution is 2.37. The number of carbonyl (C=O) groups excluding carboxylic acids is 1. The molecular weight excluding hydrogens is 401 g/mol. The van der Waals surface area contributed by atoms with E-state index in [1.807, 2.05) is 19.9 Å². The van der Waals surface area contributed by atoms with Crippen molar-refractivity contribution >= 4 is 46.7 Å². The quantitative estimate of drug-likeness (QED) is 0.326. The van der Waals surface area contributed by atoms with Gasteiger partial charge in [0, 0.05) is 5.92 Å². The Hall–Kier alpha value is -1.01. The average Bonchev–Trinajstić information content (AvgIpc) is 2.60. The van der Waals surface area contributed by atoms with Crippen molar-refractivity contribution in [2.24, 2.45) is 17.8 Å². The Labute approximate surface area is 168 Å². The van der Waals surface area contributed by atoms with Gasteiger partial charge in [-0.15, -0.1) is 0 Å². The topological polar surface area (TPSA) is 68.6 Å². The molecule has 2 unspecified atom stereocenters. The van der Waals surface area contributed by atoms with Crippen molar-refractivity contribution in [3.8, 4) is 0 Å². The van der Waals surface area contributed by atoms with Crippen LogP contribution in [0.3, 0.4) is 0 Å². The van der Waals surface area contributed by atoms with Crippen molar-refractivity contribution in [2.75, 3.05) is 6.61 Å². The second kappa shape index (κ2) is 8.79. The smallest absolute Gasteiger partial charge is 0.338 e. The number of nitrogens with one attached hydrogen (secondary N) is 1. The SMILES string of the molecule is CC1[C@@H](OC(=N)C(Cl)(Cl)Cl)OC(COC(=O)c2ccccc2)[C@@H](C)[C@@H]1C. The number of ether oxygens (including phenoxy) is 3. The van der Waals surface area contributed by atoms with Crippen LogP contribution < -0.4 is 0 Å². The van der Waals surface area contributed by atoms with Crippen molar-refractivity contribution in [3.63, 3.8) is 0 Å². The second-order valence-corrected chi connectivity index (χ2v) is 8.81. The number of benzene rings is 1. The van der Waals surface area contributed by atoms with Gasteiger partial charge in [-0.1, -0.05) is 73.8 Å². The van der Waals surface area contributed by atoms with Crippen LogP contribution in [-0.4, -0.2) is 34.7 Å². The van der Waals surface area contributed by atoms with Crippen LogP contribution in [0.15, 0.2) is 30.3 Å². The second-order valence-electron chi connectivity index (χ2n) is 6.53. The van der Waals surface area contributed by atoms with Crippen molar-refractivity contribution in [2.45, 2.75) is 37.0 Å². The molecule has 0 aliphatic carbocycles. The highest BCUT2D eigenvalue weighted by Gasteiger charge is 2.43. The molecule has 0 bridgehead atoms. The first kappa shape index (κ1) is 21.3. The zero-order valence-electron chi connectivity index (χ0n) is 14.7. The molecule has 1 aliphatic rings. The summed E-state index contributed by atoms with van der Waals surface area (Å²) in [6.45, 7) is 6.11. The van der Waals surface area contributed by atoms with Gasteiger partial charge in [-0.2, -0.15) is 0 Å². The van der Waals surface area contributed by atoms with Gasteiger partial charge >= 0.3 is 5.97 Å². The minimum atomic E-state index is -1.95. The Morgan fingerprint density at radius 1 is 1.12 bits per heavy atom. The maximum absolute atomic E-state index is 12.1. The molecule has 8 heteroatoms. The van der Waals surface area contributed by atoms with E-state index in [9.17, 15) is 4.79 Å². The zero-order chi connectivity index (χ0) is 19.5. The first-order valence-electron chi connectivity index (χ1n) is 8.31. The van der Waals surface area contributed by atoms with Gasteiger partial charge in [0.25, 0.3) is 3.79 Å². The predicted molar refractivity (Wildman–Crippen MR) is 102 cm³/mol. The first-order valence-corrected chi connectivity index (χ1v) is 9.44. The molecule has 1 aromatic rings. The van der Waals surface area contributed by atoms with Gasteiger partial charge in [0.2, 0.25) is 12.2 Å². The van der Waals surface area contributed by atoms with Gasteiger partial charge < -0.3 is 14.2 Å². The Morgan fingerprint density at radius 3 is 2.31 bits per heavy atom. The minimum Gasteiger partial charge on any atom is -0.459 e. The van der Waals surface area contributed by atoms with Crippen LogP contribution in [0.25, 0.3) is 0 Å². The molecule has 0 amide bonds. The van der Waals surface area contributed by atoms with Crippen LogP contribution in [0.4, 0.5) is 0 Å². The highest BCUT2D eigenvalue weighted by molar-refractivity contribution is 6.76. The number of carbonyl (C=O) groups is 1. The fourth-order valence-electron chi connectivity index (χ4n) is 2.81. The van der Waals surface area contributed by atoms with E-state index in [-0.39, 0.29) is 30.5 Å². The monoisotopic (exact) mass is 421 g/mol. The number of alkyl halides is 3. The number of hydrogen-bond acceptors (Lipinski definition) is 5. The third kappa shape index (κ3) is 5.26. The summed E-state index contributed by atoms with van der Waals surface area (Å²) in [5, 5.41) is 7.75. The van der Waals surface area contributed by atoms with Gasteiger partial charge in [0.05, 0.1) is 11.7 Å². The molecule has 1 aromatic carbocycles. The van der Waals surface area contributed by atoms with Crippen LogP contribution in [0.1, 0.15) is 31.1 Å². The van der Waals surface area contributed by atoms with E-state index in [2.05, 4.69) is 6.92 Å². The Bertz CT molecular complexity index is 635. The molecule has 1 saturated heterocycles. The van der Waals surface area contributed by atoms with Gasteiger partial charge in [-0.3, -0.25) is 5.41 Å². The van der Waals surface area contributed by atoms with E-state index >= 15 is 0 Å². The number of rotatable bonds is 4. The first-order chi connectivity index (χ1) is 12.1. The Morgan fingerprint density at radius 2 is 1.73 bits per heavy atom. The zero-order valence-corrected chi connectivity index (χ0v) is 17.0. The molecule has 0 aromatic heterocycles. The summed E-state index contributed by atoms with van der Waals surface area (Å²) >= 11 is 17.0. The number of hydrogen-bond donors (Lipinski definition) is 1. The lowest BCUT2D eigenvalue weighted by Gasteiger charge is -2.43. The number of halogens is 3. The summed E-state index contributed by atoms with van der Waals surface area (Å²) in [5.74, 6) is -0.633. The maximum atomic E-state index is 12.1. The van der Waals surface area contributed by atoms with Crippen LogP contribution in [-0.2, 0) is 14.2 Å². The van der Waals surface area contributed by atoms with Gasteiger partial charge in [-0.05, 0) is 24.0 Å². The molecule has 0 spiro atoms. The van der Waals surface area contributed by atoms with E-state index in [0.717, 1.165) is 0 Å². The summed E-state index contributed by atoms with van der Waals surface area (Å²) in [4.78, 5) is 12.1. The molecule has 144 valence electrons.